The van der Waals surface area contributed by atoms with Crippen molar-refractivity contribution in [3.05, 3.63) is 34.6 Å². The van der Waals surface area contributed by atoms with Gasteiger partial charge in [-0.3, -0.25) is 0 Å². The average molecular weight is 339 g/mol. The SMILES string of the molecule is Cn1ncnc1Sc1ccc(Br)cc1CNC1CC1. The molecule has 0 aliphatic heterocycles. The normalized spacial score (nSPS) is 14.8. The van der Waals surface area contributed by atoms with Crippen molar-refractivity contribution in [1.29, 1.82) is 0 Å². The summed E-state index contributed by atoms with van der Waals surface area (Å²) in [5, 5.41) is 8.57. The number of nitrogens with zero attached hydrogens (tertiary/aromatic N) is 3. The summed E-state index contributed by atoms with van der Waals surface area (Å²) in [6.07, 6.45) is 4.20. The fraction of sp³-hybridized carbons (Fsp3) is 0.385. The number of hydrogen-bond donors (Lipinski definition) is 1. The number of aryl methyl sites for hydroxylation is 1. The molecule has 1 N–H and O–H groups in total. The summed E-state index contributed by atoms with van der Waals surface area (Å²) >= 11 is 5.20. The van der Waals surface area contributed by atoms with Gasteiger partial charge in [0.25, 0.3) is 0 Å². The minimum atomic E-state index is 0.714. The molecule has 100 valence electrons. The molecule has 19 heavy (non-hydrogen) atoms. The molecule has 1 aliphatic rings. The first-order chi connectivity index (χ1) is 9.22. The highest BCUT2D eigenvalue weighted by Gasteiger charge is 2.20. The van der Waals surface area contributed by atoms with E-state index in [0.29, 0.717) is 6.04 Å². The third kappa shape index (κ3) is 3.38. The highest BCUT2D eigenvalue weighted by molar-refractivity contribution is 9.10. The van der Waals surface area contributed by atoms with Gasteiger partial charge >= 0.3 is 0 Å². The standard InChI is InChI=1S/C13H15BrN4S/c1-18-13(16-8-17-18)19-12-5-2-10(14)6-9(12)7-15-11-3-4-11/h2,5-6,8,11,15H,3-4,7H2,1H3. The molecule has 1 aliphatic carbocycles. The smallest absolute Gasteiger partial charge is 0.190 e. The van der Waals surface area contributed by atoms with Crippen LogP contribution in [0, 0.1) is 0 Å². The molecular weight excluding hydrogens is 324 g/mol. The van der Waals surface area contributed by atoms with Gasteiger partial charge in [0.15, 0.2) is 5.16 Å². The third-order valence-electron chi connectivity index (χ3n) is 3.05. The summed E-state index contributed by atoms with van der Waals surface area (Å²) in [7, 11) is 1.91. The first kappa shape index (κ1) is 13.1. The topological polar surface area (TPSA) is 42.7 Å². The van der Waals surface area contributed by atoms with Crippen LogP contribution >= 0.6 is 27.7 Å². The fourth-order valence-corrected chi connectivity index (χ4v) is 3.09. The van der Waals surface area contributed by atoms with Crippen LogP contribution in [0.2, 0.25) is 0 Å². The van der Waals surface area contributed by atoms with E-state index < -0.39 is 0 Å². The Bertz CT molecular complexity index is 580. The molecule has 1 aromatic carbocycles. The van der Waals surface area contributed by atoms with E-state index >= 15 is 0 Å². The molecule has 0 bridgehead atoms. The van der Waals surface area contributed by atoms with E-state index in [9.17, 15) is 0 Å². The quantitative estimate of drug-likeness (QED) is 0.910. The van der Waals surface area contributed by atoms with E-state index in [-0.39, 0.29) is 0 Å². The first-order valence-electron chi connectivity index (χ1n) is 6.26. The van der Waals surface area contributed by atoms with Gasteiger partial charge in [-0.25, -0.2) is 9.67 Å². The lowest BCUT2D eigenvalue weighted by Crippen LogP contribution is -2.15. The van der Waals surface area contributed by atoms with Crippen LogP contribution in [0.15, 0.2) is 39.1 Å². The van der Waals surface area contributed by atoms with Crippen molar-refractivity contribution in [3.63, 3.8) is 0 Å². The van der Waals surface area contributed by atoms with Crippen LogP contribution in [0.4, 0.5) is 0 Å². The number of halogens is 1. The Labute approximate surface area is 125 Å². The Morgan fingerprint density at radius 1 is 1.47 bits per heavy atom. The molecule has 1 fully saturated rings. The van der Waals surface area contributed by atoms with E-state index in [1.807, 2.05) is 7.05 Å². The summed E-state index contributed by atoms with van der Waals surface area (Å²) in [5.41, 5.74) is 1.30. The highest BCUT2D eigenvalue weighted by Crippen LogP contribution is 2.31. The molecule has 0 radical (unpaired) electrons. The number of nitrogens with one attached hydrogen (secondary N) is 1. The van der Waals surface area contributed by atoms with Gasteiger partial charge in [0.1, 0.15) is 6.33 Å². The van der Waals surface area contributed by atoms with Gasteiger partial charge in [0, 0.05) is 29.0 Å². The predicted molar refractivity (Wildman–Crippen MR) is 79.1 cm³/mol. The molecule has 6 heteroatoms. The summed E-state index contributed by atoms with van der Waals surface area (Å²) in [4.78, 5) is 5.49. The molecule has 4 nitrogen and oxygen atoms in total. The Balaban J connectivity index is 1.80. The number of hydrogen-bond acceptors (Lipinski definition) is 4. The molecular formula is C13H15BrN4S. The number of rotatable bonds is 5. The molecule has 1 aromatic heterocycles. The summed E-state index contributed by atoms with van der Waals surface area (Å²) in [5.74, 6) is 0. The van der Waals surface area contributed by atoms with Crippen molar-refractivity contribution in [3.8, 4) is 0 Å². The number of aromatic nitrogens is 3. The Morgan fingerprint density at radius 2 is 2.32 bits per heavy atom. The zero-order valence-electron chi connectivity index (χ0n) is 10.6. The van der Waals surface area contributed by atoms with Crippen molar-refractivity contribution >= 4 is 27.7 Å². The second-order valence-electron chi connectivity index (χ2n) is 4.68. The zero-order valence-corrected chi connectivity index (χ0v) is 13.0. The maximum Gasteiger partial charge on any atom is 0.190 e. The Morgan fingerprint density at radius 3 is 3.00 bits per heavy atom. The Kier molecular flexibility index (Phi) is 3.91. The maximum absolute atomic E-state index is 4.26. The van der Waals surface area contributed by atoms with Crippen LogP contribution in [0.1, 0.15) is 18.4 Å². The van der Waals surface area contributed by atoms with Crippen molar-refractivity contribution in [2.24, 2.45) is 7.05 Å². The van der Waals surface area contributed by atoms with Crippen LogP contribution in [-0.2, 0) is 13.6 Å². The van der Waals surface area contributed by atoms with E-state index in [4.69, 9.17) is 0 Å². The van der Waals surface area contributed by atoms with E-state index in [2.05, 4.69) is 49.5 Å². The largest absolute Gasteiger partial charge is 0.310 e. The molecule has 0 unspecified atom stereocenters. The van der Waals surface area contributed by atoms with Gasteiger partial charge in [-0.15, -0.1) is 0 Å². The van der Waals surface area contributed by atoms with Crippen LogP contribution in [0.5, 0.6) is 0 Å². The van der Waals surface area contributed by atoms with Crippen molar-refractivity contribution < 1.29 is 0 Å². The van der Waals surface area contributed by atoms with Gasteiger partial charge < -0.3 is 5.32 Å². The average Bonchev–Trinajstić information content (AvgIpc) is 3.14. The molecule has 2 aromatic rings. The summed E-state index contributed by atoms with van der Waals surface area (Å²) < 4.78 is 2.91. The van der Waals surface area contributed by atoms with Crippen LogP contribution in [0.25, 0.3) is 0 Å². The van der Waals surface area contributed by atoms with E-state index in [1.54, 1.807) is 22.8 Å². The third-order valence-corrected chi connectivity index (χ3v) is 4.72. The number of benzene rings is 1. The van der Waals surface area contributed by atoms with Gasteiger partial charge in [-0.2, -0.15) is 5.10 Å². The highest BCUT2D eigenvalue weighted by atomic mass is 79.9. The maximum atomic E-state index is 4.26. The fourth-order valence-electron chi connectivity index (χ4n) is 1.80. The van der Waals surface area contributed by atoms with E-state index in [0.717, 1.165) is 16.2 Å². The van der Waals surface area contributed by atoms with Crippen molar-refractivity contribution in [2.45, 2.75) is 35.5 Å². The minimum Gasteiger partial charge on any atom is -0.310 e. The van der Waals surface area contributed by atoms with Crippen LogP contribution in [-0.4, -0.2) is 20.8 Å². The van der Waals surface area contributed by atoms with Crippen molar-refractivity contribution in [2.75, 3.05) is 0 Å². The summed E-state index contributed by atoms with van der Waals surface area (Å²) in [6, 6.07) is 7.09. The minimum absolute atomic E-state index is 0.714. The van der Waals surface area contributed by atoms with Crippen molar-refractivity contribution in [1.82, 2.24) is 20.1 Å². The molecule has 1 heterocycles. The molecule has 0 atom stereocenters. The molecule has 3 rings (SSSR count). The molecule has 0 amide bonds. The van der Waals surface area contributed by atoms with Gasteiger partial charge in [0.05, 0.1) is 0 Å². The van der Waals surface area contributed by atoms with Gasteiger partial charge in [-0.05, 0) is 48.4 Å². The molecule has 0 saturated heterocycles. The predicted octanol–water partition coefficient (Wildman–Crippen LogP) is 2.98. The van der Waals surface area contributed by atoms with Crippen LogP contribution < -0.4 is 5.32 Å². The van der Waals surface area contributed by atoms with E-state index in [1.165, 1.54) is 23.3 Å². The second kappa shape index (κ2) is 5.64. The Hall–Kier alpha value is -0.850. The van der Waals surface area contributed by atoms with Gasteiger partial charge in [0.2, 0.25) is 0 Å². The second-order valence-corrected chi connectivity index (χ2v) is 6.60. The molecule has 0 spiro atoms. The van der Waals surface area contributed by atoms with Crippen LogP contribution in [0.3, 0.4) is 0 Å². The first-order valence-corrected chi connectivity index (χ1v) is 7.87. The summed E-state index contributed by atoms with van der Waals surface area (Å²) in [6.45, 7) is 0.907. The lowest BCUT2D eigenvalue weighted by atomic mass is 10.2. The lowest BCUT2D eigenvalue weighted by molar-refractivity contribution is 0.675. The lowest BCUT2D eigenvalue weighted by Gasteiger charge is -2.10. The monoisotopic (exact) mass is 338 g/mol. The molecule has 1 saturated carbocycles. The van der Waals surface area contributed by atoms with Gasteiger partial charge in [-0.1, -0.05) is 15.9 Å². The zero-order chi connectivity index (χ0) is 13.2.